The lowest BCUT2D eigenvalue weighted by Gasteiger charge is -2.15. The third kappa shape index (κ3) is 4.43. The second-order valence-corrected chi connectivity index (χ2v) is 6.52. The highest BCUT2D eigenvalue weighted by molar-refractivity contribution is 5.78. The minimum absolute atomic E-state index is 0.0441. The van der Waals surface area contributed by atoms with Gasteiger partial charge in [0.1, 0.15) is 16.7 Å². The fraction of sp³-hybridized carbons (Fsp3) is 0.562. The number of fused-ring (bicyclic) bond motifs is 1. The molecule has 3 nitrogen and oxygen atoms in total. The number of oxazole rings is 1. The summed E-state index contributed by atoms with van der Waals surface area (Å²) in [5, 5.41) is 2.81. The first-order valence-corrected chi connectivity index (χ1v) is 7.37. The predicted octanol–water partition coefficient (Wildman–Crippen LogP) is 4.81. The van der Waals surface area contributed by atoms with Crippen LogP contribution in [0, 0.1) is 0 Å². The van der Waals surface area contributed by atoms with E-state index in [-0.39, 0.29) is 36.0 Å². The van der Waals surface area contributed by atoms with Gasteiger partial charge >= 0.3 is 6.18 Å². The Hall–Kier alpha value is -1.63. The molecule has 0 bridgehead atoms. The zero-order valence-corrected chi connectivity index (χ0v) is 13.5. The molecule has 2 rings (SSSR count). The van der Waals surface area contributed by atoms with Gasteiger partial charge in [-0.2, -0.15) is 13.2 Å². The van der Waals surface area contributed by atoms with Crippen LogP contribution in [0.15, 0.2) is 16.5 Å². The van der Waals surface area contributed by atoms with Crippen LogP contribution in [0.1, 0.15) is 50.6 Å². The summed E-state index contributed by atoms with van der Waals surface area (Å²) < 4.78 is 58.5. The number of alkyl halides is 4. The van der Waals surface area contributed by atoms with Gasteiger partial charge in [-0.1, -0.05) is 13.8 Å². The van der Waals surface area contributed by atoms with E-state index in [1.807, 2.05) is 0 Å². The molecule has 2 aromatic rings. The lowest BCUT2D eigenvalue weighted by Crippen LogP contribution is -2.30. The maximum absolute atomic E-state index is 13.4. The highest BCUT2D eigenvalue weighted by atomic mass is 19.4. The van der Waals surface area contributed by atoms with Crippen LogP contribution in [0.4, 0.5) is 17.6 Å². The predicted molar refractivity (Wildman–Crippen MR) is 80.0 cm³/mol. The van der Waals surface area contributed by atoms with Gasteiger partial charge in [0.25, 0.3) is 0 Å². The maximum atomic E-state index is 13.4. The Labute approximate surface area is 132 Å². The number of hydrogen-bond acceptors (Lipinski definition) is 3. The van der Waals surface area contributed by atoms with E-state index < -0.39 is 17.4 Å². The van der Waals surface area contributed by atoms with Crippen LogP contribution in [0.25, 0.3) is 11.1 Å². The molecule has 0 amide bonds. The quantitative estimate of drug-likeness (QED) is 0.799. The van der Waals surface area contributed by atoms with Crippen molar-refractivity contribution in [3.63, 3.8) is 0 Å². The van der Waals surface area contributed by atoms with E-state index in [1.54, 1.807) is 13.8 Å². The van der Waals surface area contributed by atoms with Crippen molar-refractivity contribution in [3.05, 3.63) is 29.2 Å². The Morgan fingerprint density at radius 2 is 1.83 bits per heavy atom. The van der Waals surface area contributed by atoms with E-state index in [9.17, 15) is 17.6 Å². The smallest absolute Gasteiger partial charge is 0.420 e. The molecule has 0 fully saturated rings. The molecule has 1 heterocycles. The van der Waals surface area contributed by atoms with E-state index in [0.29, 0.717) is 5.56 Å². The van der Waals surface area contributed by atoms with Crippen LogP contribution < -0.4 is 5.32 Å². The van der Waals surface area contributed by atoms with Crippen molar-refractivity contribution in [2.45, 2.75) is 52.0 Å². The summed E-state index contributed by atoms with van der Waals surface area (Å²) >= 11 is 0. The first-order valence-electron chi connectivity index (χ1n) is 7.37. The van der Waals surface area contributed by atoms with Crippen LogP contribution in [0.5, 0.6) is 0 Å². The zero-order chi connectivity index (χ0) is 17.4. The van der Waals surface area contributed by atoms with Crippen molar-refractivity contribution < 1.29 is 22.0 Å². The minimum atomic E-state index is -4.54. The van der Waals surface area contributed by atoms with E-state index in [0.717, 1.165) is 6.07 Å². The second-order valence-electron chi connectivity index (χ2n) is 6.52. The maximum Gasteiger partial charge on any atom is 0.420 e. The molecule has 0 saturated heterocycles. The average Bonchev–Trinajstić information content (AvgIpc) is 2.78. The number of hydrogen-bond donors (Lipinski definition) is 1. The second kappa shape index (κ2) is 6.11. The van der Waals surface area contributed by atoms with E-state index in [1.165, 1.54) is 19.9 Å². The van der Waals surface area contributed by atoms with E-state index in [4.69, 9.17) is 4.42 Å². The number of aromatic nitrogens is 1. The first-order chi connectivity index (χ1) is 10.5. The van der Waals surface area contributed by atoms with Crippen molar-refractivity contribution in [3.8, 4) is 0 Å². The normalized spacial score (nSPS) is 13.3. The van der Waals surface area contributed by atoms with Crippen LogP contribution in [0.2, 0.25) is 0 Å². The van der Waals surface area contributed by atoms with Gasteiger partial charge in [-0.25, -0.2) is 9.37 Å². The fourth-order valence-corrected chi connectivity index (χ4v) is 2.17. The molecule has 0 aliphatic rings. The molecule has 7 heteroatoms. The molecule has 0 radical (unpaired) electrons. The summed E-state index contributed by atoms with van der Waals surface area (Å²) in [6, 6.07) is 2.56. The largest absolute Gasteiger partial charge is 0.440 e. The standard InChI is InChI=1S/C16H20F4N2O/c1-9(2)14-22-12-6-10(7-21-8-15(3,4)17)5-11(13(12)23-14)16(18,19)20/h5-6,9,21H,7-8H2,1-4H3. The molecule has 1 aromatic heterocycles. The molecule has 0 aliphatic carbocycles. The van der Waals surface area contributed by atoms with Crippen molar-refractivity contribution >= 4 is 11.1 Å². The molecular formula is C16H20F4N2O. The molecule has 1 aromatic carbocycles. The monoisotopic (exact) mass is 332 g/mol. The molecule has 0 aliphatic heterocycles. The first kappa shape index (κ1) is 17.7. The van der Waals surface area contributed by atoms with Crippen LogP contribution >= 0.6 is 0 Å². The Balaban J connectivity index is 2.39. The fourth-order valence-electron chi connectivity index (χ4n) is 2.17. The van der Waals surface area contributed by atoms with E-state index >= 15 is 0 Å². The summed E-state index contributed by atoms with van der Waals surface area (Å²) in [7, 11) is 0. The molecular weight excluding hydrogens is 312 g/mol. The third-order valence-corrected chi connectivity index (χ3v) is 3.24. The summed E-state index contributed by atoms with van der Waals surface area (Å²) in [6.07, 6.45) is -4.54. The SMILES string of the molecule is CC(C)c1nc2cc(CNCC(C)(C)F)cc(C(F)(F)F)c2o1. The average molecular weight is 332 g/mol. The zero-order valence-electron chi connectivity index (χ0n) is 13.5. The molecule has 1 N–H and O–H groups in total. The van der Waals surface area contributed by atoms with Crippen molar-refractivity contribution in [2.24, 2.45) is 0 Å². The van der Waals surface area contributed by atoms with Crippen molar-refractivity contribution in [1.82, 2.24) is 10.3 Å². The van der Waals surface area contributed by atoms with E-state index in [2.05, 4.69) is 10.3 Å². The van der Waals surface area contributed by atoms with Crippen molar-refractivity contribution in [2.75, 3.05) is 6.54 Å². The summed E-state index contributed by atoms with van der Waals surface area (Å²) in [4.78, 5) is 4.14. The van der Waals surface area contributed by atoms with Gasteiger partial charge in [0.15, 0.2) is 11.5 Å². The van der Waals surface area contributed by atoms with Gasteiger partial charge < -0.3 is 9.73 Å². The lowest BCUT2D eigenvalue weighted by atomic mass is 10.1. The molecule has 0 spiro atoms. The van der Waals surface area contributed by atoms with Gasteiger partial charge in [0, 0.05) is 19.0 Å². The molecule has 0 atom stereocenters. The van der Waals surface area contributed by atoms with Gasteiger partial charge in [0.2, 0.25) is 0 Å². The number of nitrogens with zero attached hydrogens (tertiary/aromatic N) is 1. The Morgan fingerprint density at radius 1 is 1.17 bits per heavy atom. The number of benzene rings is 1. The Morgan fingerprint density at radius 3 is 2.35 bits per heavy atom. The van der Waals surface area contributed by atoms with Crippen molar-refractivity contribution in [1.29, 1.82) is 0 Å². The molecule has 128 valence electrons. The topological polar surface area (TPSA) is 38.1 Å². The van der Waals surface area contributed by atoms with Gasteiger partial charge in [0.05, 0.1) is 0 Å². The summed E-state index contributed by atoms with van der Waals surface area (Å²) in [6.45, 7) is 6.56. The highest BCUT2D eigenvalue weighted by Gasteiger charge is 2.35. The molecule has 23 heavy (non-hydrogen) atoms. The summed E-state index contributed by atoms with van der Waals surface area (Å²) in [5.74, 6) is 0.151. The van der Waals surface area contributed by atoms with Gasteiger partial charge in [-0.3, -0.25) is 0 Å². The number of halogens is 4. The van der Waals surface area contributed by atoms with Crippen LogP contribution in [-0.4, -0.2) is 17.2 Å². The number of rotatable bonds is 5. The Kier molecular flexibility index (Phi) is 4.71. The van der Waals surface area contributed by atoms with Gasteiger partial charge in [-0.05, 0) is 31.5 Å². The van der Waals surface area contributed by atoms with Gasteiger partial charge in [-0.15, -0.1) is 0 Å². The molecule has 0 unspecified atom stereocenters. The summed E-state index contributed by atoms with van der Waals surface area (Å²) in [5.41, 5.74) is -1.99. The third-order valence-electron chi connectivity index (χ3n) is 3.24. The minimum Gasteiger partial charge on any atom is -0.440 e. The van der Waals surface area contributed by atoms with Crippen LogP contribution in [0.3, 0.4) is 0 Å². The number of nitrogens with one attached hydrogen (secondary N) is 1. The highest BCUT2D eigenvalue weighted by Crippen LogP contribution is 2.37. The Bertz CT molecular complexity index is 684. The van der Waals surface area contributed by atoms with Crippen LogP contribution in [-0.2, 0) is 12.7 Å². The molecule has 0 saturated carbocycles. The lowest BCUT2D eigenvalue weighted by molar-refractivity contribution is -0.136.